The fraction of sp³-hybridized carbons (Fsp3) is 0.600. The molecule has 2 aliphatic rings. The molecule has 1 fully saturated rings. The molecule has 5 heteroatoms. The second-order valence-corrected chi connectivity index (χ2v) is 6.94. The Morgan fingerprint density at radius 2 is 2.05 bits per heavy atom. The van der Waals surface area contributed by atoms with Gasteiger partial charge in [-0.2, -0.15) is 9.61 Å². The van der Waals surface area contributed by atoms with Crippen LogP contribution < -0.4 is 5.56 Å². The lowest BCUT2D eigenvalue weighted by Crippen LogP contribution is -2.32. The molecular weight excluding hydrogens is 252 g/mol. The van der Waals surface area contributed by atoms with Gasteiger partial charge in [0.25, 0.3) is 11.3 Å². The summed E-state index contributed by atoms with van der Waals surface area (Å²) in [7, 11) is 0. The van der Waals surface area contributed by atoms with Crippen molar-refractivity contribution in [1.82, 2.24) is 19.6 Å². The molecule has 0 amide bonds. The molecular formula is C15H18N4O. The second kappa shape index (κ2) is 3.27. The van der Waals surface area contributed by atoms with E-state index in [1.54, 1.807) is 0 Å². The van der Waals surface area contributed by atoms with Crippen molar-refractivity contribution < 1.29 is 0 Å². The summed E-state index contributed by atoms with van der Waals surface area (Å²) in [6.07, 6.45) is 2.27. The first-order valence-corrected chi connectivity index (χ1v) is 7.14. The van der Waals surface area contributed by atoms with E-state index >= 15 is 0 Å². The molecule has 2 atom stereocenters. The van der Waals surface area contributed by atoms with Gasteiger partial charge in [0.15, 0.2) is 0 Å². The van der Waals surface area contributed by atoms with Crippen LogP contribution in [0.4, 0.5) is 0 Å². The average Bonchev–Trinajstić information content (AvgIpc) is 2.68. The molecule has 2 aromatic heterocycles. The number of rotatable bonds is 0. The van der Waals surface area contributed by atoms with Gasteiger partial charge in [-0.05, 0) is 25.2 Å². The predicted molar refractivity (Wildman–Crippen MR) is 74.9 cm³/mol. The van der Waals surface area contributed by atoms with Crippen LogP contribution in [-0.4, -0.2) is 19.6 Å². The Kier molecular flexibility index (Phi) is 1.96. The van der Waals surface area contributed by atoms with Crippen LogP contribution in [0.5, 0.6) is 0 Å². The van der Waals surface area contributed by atoms with Crippen molar-refractivity contribution in [2.75, 3.05) is 0 Å². The van der Waals surface area contributed by atoms with Gasteiger partial charge in [-0.25, -0.2) is 9.97 Å². The topological polar surface area (TPSA) is 60.2 Å². The standard InChI is InChI=1S/C15H18N4O/c1-8-7-10(20)19-13(16-8)17-12-11(18-19)9-5-6-15(12,4)14(9,2)3/h7,9H,5-6H2,1-4H3/t9-,15+/m1/s1. The van der Waals surface area contributed by atoms with E-state index < -0.39 is 0 Å². The van der Waals surface area contributed by atoms with E-state index in [2.05, 4.69) is 30.9 Å². The van der Waals surface area contributed by atoms with Crippen LogP contribution in [0.1, 0.15) is 56.6 Å². The number of aryl methyl sites for hydroxylation is 1. The third-order valence-electron chi connectivity index (χ3n) is 5.75. The van der Waals surface area contributed by atoms with Crippen LogP contribution >= 0.6 is 0 Å². The zero-order valence-electron chi connectivity index (χ0n) is 12.3. The number of hydrogen-bond acceptors (Lipinski definition) is 4. The lowest BCUT2D eigenvalue weighted by atomic mass is 9.70. The highest BCUT2D eigenvalue weighted by molar-refractivity contribution is 5.44. The number of aromatic nitrogens is 4. The number of fused-ring (bicyclic) bond motifs is 6. The molecule has 2 aromatic rings. The Morgan fingerprint density at radius 1 is 1.30 bits per heavy atom. The second-order valence-electron chi connectivity index (χ2n) is 6.94. The molecule has 104 valence electrons. The van der Waals surface area contributed by atoms with E-state index in [0.29, 0.717) is 17.4 Å². The molecule has 0 N–H and O–H groups in total. The quantitative estimate of drug-likeness (QED) is 0.734. The van der Waals surface area contributed by atoms with Crippen molar-refractivity contribution in [2.24, 2.45) is 5.41 Å². The highest BCUT2D eigenvalue weighted by atomic mass is 16.1. The smallest absolute Gasteiger partial charge is 0.267 e. The minimum atomic E-state index is -0.145. The van der Waals surface area contributed by atoms with Crippen molar-refractivity contribution >= 4 is 5.78 Å². The van der Waals surface area contributed by atoms with Gasteiger partial charge < -0.3 is 0 Å². The van der Waals surface area contributed by atoms with Crippen LogP contribution in [0.25, 0.3) is 5.78 Å². The lowest BCUT2D eigenvalue weighted by molar-refractivity contribution is 0.227. The molecule has 2 bridgehead atoms. The average molecular weight is 270 g/mol. The first-order chi connectivity index (χ1) is 9.34. The van der Waals surface area contributed by atoms with Crippen molar-refractivity contribution in [2.45, 2.75) is 51.9 Å². The largest absolute Gasteiger partial charge is 0.275 e. The molecule has 2 aliphatic carbocycles. The van der Waals surface area contributed by atoms with Gasteiger partial charge in [-0.15, -0.1) is 0 Å². The SMILES string of the molecule is Cc1cc(=O)n2nc3c(nc2n1)[C@]1(C)CC[C@H]3C1(C)C. The van der Waals surface area contributed by atoms with Gasteiger partial charge in [0.05, 0.1) is 11.4 Å². The van der Waals surface area contributed by atoms with Crippen LogP contribution in [0, 0.1) is 12.3 Å². The zero-order valence-corrected chi connectivity index (χ0v) is 12.3. The van der Waals surface area contributed by atoms with E-state index in [9.17, 15) is 4.79 Å². The van der Waals surface area contributed by atoms with Gasteiger partial charge in [-0.1, -0.05) is 20.8 Å². The van der Waals surface area contributed by atoms with Gasteiger partial charge in [0.1, 0.15) is 0 Å². The van der Waals surface area contributed by atoms with Crippen LogP contribution in [0.15, 0.2) is 10.9 Å². The Hall–Kier alpha value is -1.78. The minimum absolute atomic E-state index is 0.0449. The molecule has 4 rings (SSSR count). The maximum absolute atomic E-state index is 12.1. The fourth-order valence-electron chi connectivity index (χ4n) is 4.10. The van der Waals surface area contributed by atoms with Crippen molar-refractivity contribution in [3.63, 3.8) is 0 Å². The molecule has 0 saturated heterocycles. The summed E-state index contributed by atoms with van der Waals surface area (Å²) in [6, 6.07) is 1.51. The first kappa shape index (κ1) is 12.0. The summed E-state index contributed by atoms with van der Waals surface area (Å²) >= 11 is 0. The Labute approximate surface area is 117 Å². The van der Waals surface area contributed by atoms with Crippen LogP contribution in [0.2, 0.25) is 0 Å². The Morgan fingerprint density at radius 3 is 2.80 bits per heavy atom. The van der Waals surface area contributed by atoms with E-state index in [1.807, 2.05) is 6.92 Å². The molecule has 0 spiro atoms. The summed E-state index contributed by atoms with van der Waals surface area (Å²) in [6.45, 7) is 8.67. The van der Waals surface area contributed by atoms with E-state index in [4.69, 9.17) is 4.98 Å². The van der Waals surface area contributed by atoms with Crippen molar-refractivity contribution in [3.05, 3.63) is 33.5 Å². The molecule has 0 radical (unpaired) electrons. The minimum Gasteiger partial charge on any atom is -0.267 e. The summed E-state index contributed by atoms with van der Waals surface area (Å²) in [5, 5.41) is 4.60. The molecule has 2 heterocycles. The van der Waals surface area contributed by atoms with Gasteiger partial charge in [0.2, 0.25) is 0 Å². The molecule has 5 nitrogen and oxygen atoms in total. The lowest BCUT2D eigenvalue weighted by Gasteiger charge is -2.33. The first-order valence-electron chi connectivity index (χ1n) is 7.14. The van der Waals surface area contributed by atoms with Gasteiger partial charge >= 0.3 is 0 Å². The number of hydrogen-bond donors (Lipinski definition) is 0. The predicted octanol–water partition coefficient (Wildman–Crippen LogP) is 1.97. The van der Waals surface area contributed by atoms with Gasteiger partial charge in [0, 0.05) is 23.1 Å². The molecule has 0 aromatic carbocycles. The van der Waals surface area contributed by atoms with E-state index in [0.717, 1.165) is 24.2 Å². The Bertz CT molecular complexity index is 807. The van der Waals surface area contributed by atoms with Crippen molar-refractivity contribution in [3.8, 4) is 0 Å². The summed E-state index contributed by atoms with van der Waals surface area (Å²) in [4.78, 5) is 21.1. The molecule has 1 saturated carbocycles. The summed E-state index contributed by atoms with van der Waals surface area (Å²) in [5.74, 6) is 0.825. The van der Waals surface area contributed by atoms with Crippen molar-refractivity contribution in [1.29, 1.82) is 0 Å². The fourth-order valence-corrected chi connectivity index (χ4v) is 4.10. The maximum Gasteiger partial charge on any atom is 0.275 e. The highest BCUT2D eigenvalue weighted by Crippen LogP contribution is 2.66. The summed E-state index contributed by atoms with van der Waals surface area (Å²) < 4.78 is 1.35. The summed E-state index contributed by atoms with van der Waals surface area (Å²) in [5.41, 5.74) is 2.79. The number of nitrogens with zero attached hydrogens (tertiary/aromatic N) is 4. The van der Waals surface area contributed by atoms with E-state index in [-0.39, 0.29) is 16.4 Å². The van der Waals surface area contributed by atoms with Gasteiger partial charge in [-0.3, -0.25) is 4.79 Å². The molecule has 0 aliphatic heterocycles. The monoisotopic (exact) mass is 270 g/mol. The Balaban J connectivity index is 2.11. The third-order valence-corrected chi connectivity index (χ3v) is 5.75. The van der Waals surface area contributed by atoms with Crippen LogP contribution in [-0.2, 0) is 5.41 Å². The maximum atomic E-state index is 12.1. The molecule has 20 heavy (non-hydrogen) atoms. The molecule has 0 unspecified atom stereocenters. The van der Waals surface area contributed by atoms with Crippen LogP contribution in [0.3, 0.4) is 0 Å². The zero-order chi connectivity index (χ0) is 14.3. The van der Waals surface area contributed by atoms with E-state index in [1.165, 1.54) is 10.6 Å². The normalized spacial score (nSPS) is 29.9. The highest BCUT2D eigenvalue weighted by Gasteiger charge is 2.61. The third kappa shape index (κ3) is 1.15.